The lowest BCUT2D eigenvalue weighted by Crippen LogP contribution is -2.44. The molecule has 0 spiro atoms. The number of amides is 2. The van der Waals surface area contributed by atoms with Gasteiger partial charge < -0.3 is 24.8 Å². The van der Waals surface area contributed by atoms with Crippen LogP contribution >= 0.6 is 0 Å². The van der Waals surface area contributed by atoms with Crippen LogP contribution in [-0.2, 0) is 14.9 Å². The average molecular weight is 493 g/mol. The first-order valence-electron chi connectivity index (χ1n) is 11.8. The minimum atomic E-state index is -0.312. The molecule has 36 heavy (non-hydrogen) atoms. The fourth-order valence-electron chi connectivity index (χ4n) is 4.23. The Morgan fingerprint density at radius 1 is 0.972 bits per heavy atom. The molecule has 1 aliphatic rings. The van der Waals surface area contributed by atoms with E-state index >= 15 is 0 Å². The van der Waals surface area contributed by atoms with Gasteiger partial charge in [0.1, 0.15) is 17.3 Å². The Morgan fingerprint density at radius 3 is 2.39 bits per heavy atom. The minimum absolute atomic E-state index is 0.176. The van der Waals surface area contributed by atoms with Gasteiger partial charge in [0.05, 0.1) is 7.11 Å². The van der Waals surface area contributed by atoms with Crippen LogP contribution in [0.15, 0.2) is 72.8 Å². The number of halogens is 1. The third-order valence-electron chi connectivity index (χ3n) is 6.33. The normalized spacial score (nSPS) is 14.5. The summed E-state index contributed by atoms with van der Waals surface area (Å²) in [6.45, 7) is 1.42. The summed E-state index contributed by atoms with van der Waals surface area (Å²) in [6, 6.07) is 20.1. The van der Waals surface area contributed by atoms with Gasteiger partial charge in [0, 0.05) is 42.5 Å². The van der Waals surface area contributed by atoms with E-state index in [9.17, 15) is 14.0 Å². The van der Waals surface area contributed by atoms with E-state index in [4.69, 9.17) is 14.2 Å². The zero-order valence-corrected chi connectivity index (χ0v) is 20.1. The van der Waals surface area contributed by atoms with Crippen molar-refractivity contribution in [2.45, 2.75) is 18.3 Å². The van der Waals surface area contributed by atoms with Crippen molar-refractivity contribution in [1.29, 1.82) is 0 Å². The summed E-state index contributed by atoms with van der Waals surface area (Å²) < 4.78 is 29.7. The summed E-state index contributed by atoms with van der Waals surface area (Å²) >= 11 is 0. The second-order valence-corrected chi connectivity index (χ2v) is 8.68. The SMILES string of the molecule is COc1cccc(NC(=O)COc2ccc(C(=O)NCC3(c4ccc(F)cc4)CCOCC3)cc2)c1. The Morgan fingerprint density at radius 2 is 1.69 bits per heavy atom. The predicted molar refractivity (Wildman–Crippen MR) is 134 cm³/mol. The van der Waals surface area contributed by atoms with E-state index in [2.05, 4.69) is 10.6 Å². The quantitative estimate of drug-likeness (QED) is 0.465. The van der Waals surface area contributed by atoms with Crippen molar-refractivity contribution >= 4 is 17.5 Å². The number of hydrogen-bond acceptors (Lipinski definition) is 5. The molecule has 1 aliphatic heterocycles. The van der Waals surface area contributed by atoms with E-state index in [1.807, 2.05) is 0 Å². The largest absolute Gasteiger partial charge is 0.497 e. The third kappa shape index (κ3) is 6.40. The average Bonchev–Trinajstić information content (AvgIpc) is 2.92. The molecule has 0 atom stereocenters. The first kappa shape index (κ1) is 25.2. The topological polar surface area (TPSA) is 85.9 Å². The highest BCUT2D eigenvalue weighted by molar-refractivity contribution is 5.94. The molecular weight excluding hydrogens is 463 g/mol. The Hall–Kier alpha value is -3.91. The molecule has 0 unspecified atom stereocenters. The molecule has 0 bridgehead atoms. The van der Waals surface area contributed by atoms with Gasteiger partial charge in [-0.25, -0.2) is 4.39 Å². The third-order valence-corrected chi connectivity index (χ3v) is 6.33. The molecule has 3 aromatic rings. The number of methoxy groups -OCH3 is 1. The smallest absolute Gasteiger partial charge is 0.262 e. The molecule has 4 rings (SSSR count). The van der Waals surface area contributed by atoms with Crippen LogP contribution in [0, 0.1) is 5.82 Å². The number of anilines is 1. The Kier molecular flexibility index (Phi) is 8.17. The molecule has 188 valence electrons. The van der Waals surface area contributed by atoms with E-state index in [-0.39, 0.29) is 29.7 Å². The van der Waals surface area contributed by atoms with Crippen LogP contribution in [0.4, 0.5) is 10.1 Å². The molecule has 3 aromatic carbocycles. The lowest BCUT2D eigenvalue weighted by Gasteiger charge is -2.38. The van der Waals surface area contributed by atoms with Crippen molar-refractivity contribution in [1.82, 2.24) is 5.32 Å². The van der Waals surface area contributed by atoms with Crippen molar-refractivity contribution in [2.75, 3.05) is 38.8 Å². The first-order chi connectivity index (χ1) is 17.5. The summed E-state index contributed by atoms with van der Waals surface area (Å²) in [4.78, 5) is 25.0. The standard InChI is InChI=1S/C28H29FN2O5/c1-34-25-4-2-3-23(17-25)31-26(32)18-36-24-11-5-20(6-12-24)27(33)30-19-28(13-15-35-16-14-28)21-7-9-22(29)10-8-21/h2-12,17H,13-16,18-19H2,1H3,(H,30,33)(H,31,32). The fraction of sp³-hybridized carbons (Fsp3) is 0.286. The van der Waals surface area contributed by atoms with Crippen molar-refractivity contribution < 1.29 is 28.2 Å². The summed E-state index contributed by atoms with van der Waals surface area (Å²) in [6.07, 6.45) is 1.48. The number of benzene rings is 3. The van der Waals surface area contributed by atoms with Gasteiger partial charge in [-0.15, -0.1) is 0 Å². The highest BCUT2D eigenvalue weighted by Gasteiger charge is 2.35. The number of ether oxygens (including phenoxy) is 3. The second-order valence-electron chi connectivity index (χ2n) is 8.68. The predicted octanol–water partition coefficient (Wildman–Crippen LogP) is 4.33. The van der Waals surface area contributed by atoms with Crippen LogP contribution in [0.1, 0.15) is 28.8 Å². The molecule has 2 N–H and O–H groups in total. The second kappa shape index (κ2) is 11.7. The van der Waals surface area contributed by atoms with Gasteiger partial charge in [-0.05, 0) is 66.9 Å². The van der Waals surface area contributed by atoms with E-state index in [1.54, 1.807) is 67.8 Å². The molecular formula is C28H29FN2O5. The van der Waals surface area contributed by atoms with Crippen molar-refractivity contribution in [3.8, 4) is 11.5 Å². The highest BCUT2D eigenvalue weighted by atomic mass is 19.1. The van der Waals surface area contributed by atoms with Gasteiger partial charge >= 0.3 is 0 Å². The molecule has 0 radical (unpaired) electrons. The van der Waals surface area contributed by atoms with Gasteiger partial charge in [0.25, 0.3) is 11.8 Å². The van der Waals surface area contributed by atoms with Crippen molar-refractivity contribution in [3.63, 3.8) is 0 Å². The van der Waals surface area contributed by atoms with Gasteiger partial charge in [-0.3, -0.25) is 9.59 Å². The summed E-state index contributed by atoms with van der Waals surface area (Å²) in [5, 5.41) is 5.77. The summed E-state index contributed by atoms with van der Waals surface area (Å²) in [5.41, 5.74) is 1.77. The van der Waals surface area contributed by atoms with E-state index in [0.29, 0.717) is 42.5 Å². The molecule has 1 fully saturated rings. The summed E-state index contributed by atoms with van der Waals surface area (Å²) in [7, 11) is 1.56. The lowest BCUT2D eigenvalue weighted by atomic mass is 9.74. The van der Waals surface area contributed by atoms with Gasteiger partial charge in [-0.1, -0.05) is 18.2 Å². The van der Waals surface area contributed by atoms with Crippen LogP contribution in [0.25, 0.3) is 0 Å². The molecule has 8 heteroatoms. The van der Waals surface area contributed by atoms with E-state index in [0.717, 1.165) is 18.4 Å². The lowest BCUT2D eigenvalue weighted by molar-refractivity contribution is -0.118. The van der Waals surface area contributed by atoms with Gasteiger partial charge in [0.15, 0.2) is 6.61 Å². The van der Waals surface area contributed by atoms with Crippen molar-refractivity contribution in [2.24, 2.45) is 0 Å². The molecule has 7 nitrogen and oxygen atoms in total. The molecule has 0 aliphatic carbocycles. The van der Waals surface area contributed by atoms with Gasteiger partial charge in [0.2, 0.25) is 0 Å². The van der Waals surface area contributed by atoms with Crippen LogP contribution in [0.5, 0.6) is 11.5 Å². The molecule has 1 saturated heterocycles. The van der Waals surface area contributed by atoms with Crippen LogP contribution in [-0.4, -0.2) is 45.3 Å². The number of carbonyl (C=O) groups excluding carboxylic acids is 2. The van der Waals surface area contributed by atoms with Crippen LogP contribution in [0.3, 0.4) is 0 Å². The van der Waals surface area contributed by atoms with E-state index < -0.39 is 0 Å². The molecule has 1 heterocycles. The number of hydrogen-bond donors (Lipinski definition) is 2. The minimum Gasteiger partial charge on any atom is -0.497 e. The van der Waals surface area contributed by atoms with Crippen LogP contribution in [0.2, 0.25) is 0 Å². The zero-order chi connectivity index (χ0) is 25.4. The van der Waals surface area contributed by atoms with Crippen molar-refractivity contribution in [3.05, 3.63) is 89.7 Å². The Balaban J connectivity index is 1.31. The Labute approximate surface area is 209 Å². The Bertz CT molecular complexity index is 1180. The maximum absolute atomic E-state index is 13.4. The van der Waals surface area contributed by atoms with Gasteiger partial charge in [-0.2, -0.15) is 0 Å². The number of rotatable bonds is 9. The molecule has 0 aromatic heterocycles. The maximum atomic E-state index is 13.4. The highest BCUT2D eigenvalue weighted by Crippen LogP contribution is 2.34. The zero-order valence-electron chi connectivity index (χ0n) is 20.1. The fourth-order valence-corrected chi connectivity index (χ4v) is 4.23. The number of nitrogens with one attached hydrogen (secondary N) is 2. The van der Waals surface area contributed by atoms with Crippen LogP contribution < -0.4 is 20.1 Å². The number of carbonyl (C=O) groups is 2. The monoisotopic (exact) mass is 492 g/mol. The molecule has 0 saturated carbocycles. The molecule has 2 amide bonds. The van der Waals surface area contributed by atoms with E-state index in [1.165, 1.54) is 12.1 Å². The summed E-state index contributed by atoms with van der Waals surface area (Å²) in [5.74, 6) is 0.297. The maximum Gasteiger partial charge on any atom is 0.262 e. The first-order valence-corrected chi connectivity index (χ1v) is 11.8.